The fourth-order valence-electron chi connectivity index (χ4n) is 2.27. The molecule has 8 nitrogen and oxygen atoms in total. The van der Waals surface area contributed by atoms with Crippen molar-refractivity contribution in [2.75, 3.05) is 0 Å². The van der Waals surface area contributed by atoms with Gasteiger partial charge in [-0.15, -0.1) is 0 Å². The summed E-state index contributed by atoms with van der Waals surface area (Å²) >= 11 is 0. The quantitative estimate of drug-likeness (QED) is 0.544. The largest absolute Gasteiger partial charge is 0.358 e. The molecule has 0 bridgehead atoms. The third-order valence-corrected chi connectivity index (χ3v) is 3.33. The van der Waals surface area contributed by atoms with Crippen LogP contribution in [0.4, 0.5) is 5.69 Å². The minimum atomic E-state index is -0.441. The number of hydrogen-bond donors (Lipinski definition) is 0. The van der Waals surface area contributed by atoms with Gasteiger partial charge in [0.1, 0.15) is 24.0 Å². The summed E-state index contributed by atoms with van der Waals surface area (Å²) in [7, 11) is 0. The average molecular weight is 313 g/mol. The summed E-state index contributed by atoms with van der Waals surface area (Å²) < 4.78 is 7.09. The van der Waals surface area contributed by atoms with Gasteiger partial charge in [0.05, 0.1) is 4.92 Å². The molecule has 23 heavy (non-hydrogen) atoms. The SMILES string of the molecule is CC(C)(C)c1onc(-c2cccc([N+](=O)[O-])c2)c1-n1cncn1. The molecule has 0 fully saturated rings. The highest BCUT2D eigenvalue weighted by Crippen LogP contribution is 2.36. The topological polar surface area (TPSA) is 99.9 Å². The molecule has 0 radical (unpaired) electrons. The van der Waals surface area contributed by atoms with Crippen LogP contribution in [0.25, 0.3) is 16.9 Å². The predicted octanol–water partition coefficient (Wildman–Crippen LogP) is 3.13. The second-order valence-corrected chi connectivity index (χ2v) is 6.11. The molecule has 2 aromatic heterocycles. The number of rotatable bonds is 3. The van der Waals surface area contributed by atoms with E-state index in [1.807, 2.05) is 20.8 Å². The monoisotopic (exact) mass is 313 g/mol. The third kappa shape index (κ3) is 2.70. The Bertz CT molecular complexity index is 846. The molecular weight excluding hydrogens is 298 g/mol. The summed E-state index contributed by atoms with van der Waals surface area (Å²) in [4.78, 5) is 14.5. The standard InChI is InChI=1S/C15H15N5O3/c1-15(2,3)14-13(19-9-16-8-17-19)12(18-23-14)10-5-4-6-11(7-10)20(21)22/h4-9H,1-3H3. The molecule has 0 unspecified atom stereocenters. The van der Waals surface area contributed by atoms with E-state index < -0.39 is 4.92 Å². The van der Waals surface area contributed by atoms with E-state index in [9.17, 15) is 10.1 Å². The van der Waals surface area contributed by atoms with Crippen molar-refractivity contribution in [1.82, 2.24) is 19.9 Å². The lowest BCUT2D eigenvalue weighted by Gasteiger charge is -2.16. The van der Waals surface area contributed by atoms with E-state index in [2.05, 4.69) is 15.2 Å². The zero-order valence-corrected chi connectivity index (χ0v) is 12.9. The molecule has 2 heterocycles. The maximum Gasteiger partial charge on any atom is 0.270 e. The van der Waals surface area contributed by atoms with Crippen LogP contribution in [0.2, 0.25) is 0 Å². The van der Waals surface area contributed by atoms with Crippen molar-refractivity contribution < 1.29 is 9.45 Å². The summed E-state index contributed by atoms with van der Waals surface area (Å²) in [5.74, 6) is 0.629. The van der Waals surface area contributed by atoms with Crippen molar-refractivity contribution in [2.24, 2.45) is 0 Å². The fraction of sp³-hybridized carbons (Fsp3) is 0.267. The number of benzene rings is 1. The minimum Gasteiger partial charge on any atom is -0.358 e. The Labute approximate surface area is 131 Å². The first-order chi connectivity index (χ1) is 10.9. The Morgan fingerprint density at radius 2 is 2.09 bits per heavy atom. The summed E-state index contributed by atoms with van der Waals surface area (Å²) in [6.45, 7) is 5.97. The molecule has 0 amide bonds. The van der Waals surface area contributed by atoms with E-state index in [0.29, 0.717) is 22.7 Å². The highest BCUT2D eigenvalue weighted by atomic mass is 16.6. The number of nitrogens with zero attached hydrogens (tertiary/aromatic N) is 5. The van der Waals surface area contributed by atoms with Gasteiger partial charge in [-0.3, -0.25) is 10.1 Å². The molecular formula is C15H15N5O3. The van der Waals surface area contributed by atoms with Crippen LogP contribution in [0.5, 0.6) is 0 Å². The summed E-state index contributed by atoms with van der Waals surface area (Å²) in [5.41, 5.74) is 1.39. The molecule has 0 aliphatic heterocycles. The molecule has 0 saturated heterocycles. The summed E-state index contributed by atoms with van der Waals surface area (Å²) in [6.07, 6.45) is 2.96. The van der Waals surface area contributed by atoms with E-state index in [4.69, 9.17) is 4.52 Å². The minimum absolute atomic E-state index is 0.00708. The number of nitro groups is 1. The average Bonchev–Trinajstić information content (AvgIpc) is 3.15. The normalized spacial score (nSPS) is 11.6. The van der Waals surface area contributed by atoms with Crippen molar-refractivity contribution in [2.45, 2.75) is 26.2 Å². The lowest BCUT2D eigenvalue weighted by Crippen LogP contribution is -2.14. The van der Waals surface area contributed by atoms with Crippen LogP contribution < -0.4 is 0 Å². The van der Waals surface area contributed by atoms with Crippen molar-refractivity contribution in [3.05, 3.63) is 52.8 Å². The van der Waals surface area contributed by atoms with Crippen molar-refractivity contribution in [1.29, 1.82) is 0 Å². The van der Waals surface area contributed by atoms with Gasteiger partial charge in [0.15, 0.2) is 5.76 Å². The van der Waals surface area contributed by atoms with Crippen LogP contribution in [-0.4, -0.2) is 24.8 Å². The highest BCUT2D eigenvalue weighted by molar-refractivity contribution is 5.72. The molecule has 0 atom stereocenters. The van der Waals surface area contributed by atoms with Crippen LogP contribution in [0.15, 0.2) is 41.4 Å². The van der Waals surface area contributed by atoms with E-state index in [1.165, 1.54) is 18.5 Å². The molecule has 0 saturated carbocycles. The predicted molar refractivity (Wildman–Crippen MR) is 82.2 cm³/mol. The van der Waals surface area contributed by atoms with Crippen LogP contribution in [0, 0.1) is 10.1 Å². The van der Waals surface area contributed by atoms with Crippen molar-refractivity contribution >= 4 is 5.69 Å². The van der Waals surface area contributed by atoms with E-state index in [0.717, 1.165) is 0 Å². The Morgan fingerprint density at radius 1 is 1.30 bits per heavy atom. The van der Waals surface area contributed by atoms with Crippen molar-refractivity contribution in [3.63, 3.8) is 0 Å². The van der Waals surface area contributed by atoms with Gasteiger partial charge in [-0.25, -0.2) is 9.67 Å². The van der Waals surface area contributed by atoms with E-state index in [-0.39, 0.29) is 11.1 Å². The molecule has 0 N–H and O–H groups in total. The second kappa shape index (κ2) is 5.31. The molecule has 0 spiro atoms. The molecule has 0 aliphatic rings. The molecule has 3 aromatic rings. The fourth-order valence-corrected chi connectivity index (χ4v) is 2.27. The summed E-state index contributed by atoms with van der Waals surface area (Å²) in [5, 5.41) is 19.3. The van der Waals surface area contributed by atoms with Crippen LogP contribution in [-0.2, 0) is 5.41 Å². The molecule has 8 heteroatoms. The second-order valence-electron chi connectivity index (χ2n) is 6.11. The maximum absolute atomic E-state index is 11.0. The van der Waals surface area contributed by atoms with Gasteiger partial charge < -0.3 is 4.52 Å². The molecule has 118 valence electrons. The van der Waals surface area contributed by atoms with Gasteiger partial charge in [-0.1, -0.05) is 38.1 Å². The smallest absolute Gasteiger partial charge is 0.270 e. The van der Waals surface area contributed by atoms with Gasteiger partial charge in [-0.05, 0) is 0 Å². The Balaban J connectivity index is 2.23. The lowest BCUT2D eigenvalue weighted by molar-refractivity contribution is -0.384. The lowest BCUT2D eigenvalue weighted by atomic mass is 9.91. The first kappa shape index (κ1) is 14.9. The van der Waals surface area contributed by atoms with E-state index in [1.54, 1.807) is 23.1 Å². The van der Waals surface area contributed by atoms with Gasteiger partial charge in [0.25, 0.3) is 5.69 Å². The van der Waals surface area contributed by atoms with Gasteiger partial charge >= 0.3 is 0 Å². The zero-order chi connectivity index (χ0) is 16.6. The summed E-state index contributed by atoms with van der Waals surface area (Å²) in [6, 6.07) is 6.26. The van der Waals surface area contributed by atoms with Gasteiger partial charge in [-0.2, -0.15) is 5.10 Å². The van der Waals surface area contributed by atoms with Crippen LogP contribution in [0.1, 0.15) is 26.5 Å². The molecule has 3 rings (SSSR count). The highest BCUT2D eigenvalue weighted by Gasteiger charge is 2.29. The Hall–Kier alpha value is -3.03. The number of nitro benzene ring substituents is 1. The van der Waals surface area contributed by atoms with Crippen LogP contribution in [0.3, 0.4) is 0 Å². The zero-order valence-electron chi connectivity index (χ0n) is 12.9. The first-order valence-electron chi connectivity index (χ1n) is 6.98. The number of hydrogen-bond acceptors (Lipinski definition) is 6. The van der Waals surface area contributed by atoms with E-state index >= 15 is 0 Å². The van der Waals surface area contributed by atoms with Crippen molar-refractivity contribution in [3.8, 4) is 16.9 Å². The van der Waals surface area contributed by atoms with Gasteiger partial charge in [0.2, 0.25) is 0 Å². The third-order valence-electron chi connectivity index (χ3n) is 3.33. The molecule has 0 aliphatic carbocycles. The number of non-ortho nitro benzene ring substituents is 1. The first-order valence-corrected chi connectivity index (χ1v) is 6.98. The Morgan fingerprint density at radius 3 is 2.70 bits per heavy atom. The Kier molecular flexibility index (Phi) is 3.44. The maximum atomic E-state index is 11.0. The number of aromatic nitrogens is 4. The van der Waals surface area contributed by atoms with Gasteiger partial charge in [0, 0.05) is 23.1 Å². The molecule has 1 aromatic carbocycles. The van der Waals surface area contributed by atoms with Crippen LogP contribution >= 0.6 is 0 Å².